The molecule has 0 amide bonds. The highest BCUT2D eigenvalue weighted by molar-refractivity contribution is 5.00. The first-order chi connectivity index (χ1) is 8.22. The summed E-state index contributed by atoms with van der Waals surface area (Å²) in [4.78, 5) is 2.82. The highest BCUT2D eigenvalue weighted by atomic mass is 15.2. The van der Waals surface area contributed by atoms with Crippen LogP contribution < -0.4 is 5.73 Å². The molecule has 2 N–H and O–H groups in total. The molecule has 0 aromatic carbocycles. The van der Waals surface area contributed by atoms with E-state index in [1.54, 1.807) is 0 Å². The van der Waals surface area contributed by atoms with Gasteiger partial charge in [-0.3, -0.25) is 4.90 Å². The summed E-state index contributed by atoms with van der Waals surface area (Å²) in [5.74, 6) is 0.874. The summed E-state index contributed by atoms with van der Waals surface area (Å²) in [7, 11) is 0. The molecular weight excluding hydrogens is 208 g/mol. The predicted octanol–water partition coefficient (Wildman–Crippen LogP) is 3.16. The third-order valence-electron chi connectivity index (χ3n) is 5.17. The normalized spacial score (nSPS) is 40.4. The highest BCUT2D eigenvalue weighted by Crippen LogP contribution is 2.41. The Morgan fingerprint density at radius 2 is 2.06 bits per heavy atom. The zero-order valence-corrected chi connectivity index (χ0v) is 11.8. The van der Waals surface area contributed by atoms with Crippen molar-refractivity contribution < 1.29 is 0 Å². The van der Waals surface area contributed by atoms with Gasteiger partial charge in [0.2, 0.25) is 0 Å². The summed E-state index contributed by atoms with van der Waals surface area (Å²) in [6.45, 7) is 6.91. The number of hydrogen-bond acceptors (Lipinski definition) is 2. The van der Waals surface area contributed by atoms with Crippen LogP contribution in [0.5, 0.6) is 0 Å². The Bertz CT molecular complexity index is 241. The first-order valence-electron chi connectivity index (χ1n) is 7.68. The van der Waals surface area contributed by atoms with Crippen LogP contribution in [0.3, 0.4) is 0 Å². The average molecular weight is 238 g/mol. The van der Waals surface area contributed by atoms with Crippen LogP contribution in [0.2, 0.25) is 0 Å². The molecule has 3 atom stereocenters. The second-order valence-corrected chi connectivity index (χ2v) is 6.38. The van der Waals surface area contributed by atoms with Crippen molar-refractivity contribution in [2.75, 3.05) is 13.1 Å². The molecule has 2 aliphatic rings. The van der Waals surface area contributed by atoms with Gasteiger partial charge in [-0.15, -0.1) is 0 Å². The lowest BCUT2D eigenvalue weighted by Gasteiger charge is -2.45. The topological polar surface area (TPSA) is 29.3 Å². The summed E-state index contributed by atoms with van der Waals surface area (Å²) in [6, 6.07) is 0.798. The number of nitrogens with zero attached hydrogens (tertiary/aromatic N) is 1. The Labute approximate surface area is 107 Å². The summed E-state index contributed by atoms with van der Waals surface area (Å²) in [5.41, 5.74) is 6.54. The molecule has 0 aromatic rings. The van der Waals surface area contributed by atoms with Gasteiger partial charge in [-0.2, -0.15) is 0 Å². The van der Waals surface area contributed by atoms with Gasteiger partial charge >= 0.3 is 0 Å². The number of hydrogen-bond donors (Lipinski definition) is 1. The van der Waals surface area contributed by atoms with Crippen molar-refractivity contribution in [2.24, 2.45) is 11.7 Å². The molecule has 3 unspecified atom stereocenters. The molecule has 1 aliphatic heterocycles. The lowest BCUT2D eigenvalue weighted by atomic mass is 9.90. The molecule has 100 valence electrons. The van der Waals surface area contributed by atoms with Gasteiger partial charge in [0.25, 0.3) is 0 Å². The van der Waals surface area contributed by atoms with Crippen molar-refractivity contribution in [1.29, 1.82) is 0 Å². The summed E-state index contributed by atoms with van der Waals surface area (Å²) in [5, 5.41) is 0. The molecule has 0 aromatic heterocycles. The van der Waals surface area contributed by atoms with Gasteiger partial charge in [-0.1, -0.05) is 26.7 Å². The van der Waals surface area contributed by atoms with Crippen molar-refractivity contribution in [3.05, 3.63) is 0 Å². The van der Waals surface area contributed by atoms with Gasteiger partial charge in [-0.25, -0.2) is 0 Å². The summed E-state index contributed by atoms with van der Waals surface area (Å²) >= 11 is 0. The van der Waals surface area contributed by atoms with E-state index in [1.807, 2.05) is 0 Å². The van der Waals surface area contributed by atoms with Crippen LogP contribution in [0.25, 0.3) is 0 Å². The van der Waals surface area contributed by atoms with E-state index in [0.717, 1.165) is 18.5 Å². The second-order valence-electron chi connectivity index (χ2n) is 6.38. The van der Waals surface area contributed by atoms with Crippen LogP contribution in [0, 0.1) is 5.92 Å². The van der Waals surface area contributed by atoms with Crippen LogP contribution in [0.15, 0.2) is 0 Å². The molecule has 1 saturated heterocycles. The number of likely N-dealkylation sites (tertiary alicyclic amines) is 1. The maximum atomic E-state index is 6.19. The molecule has 2 rings (SSSR count). The smallest absolute Gasteiger partial charge is 0.0337 e. The van der Waals surface area contributed by atoms with E-state index in [9.17, 15) is 0 Å². The monoisotopic (exact) mass is 238 g/mol. The Kier molecular flexibility index (Phi) is 4.48. The SMILES string of the molecule is CCC1CCCCCN1C1(CN)CCC(C)C1. The first-order valence-corrected chi connectivity index (χ1v) is 7.68. The summed E-state index contributed by atoms with van der Waals surface area (Å²) in [6.07, 6.45) is 11.0. The minimum atomic E-state index is 0.352. The molecule has 1 saturated carbocycles. The second kappa shape index (κ2) is 5.71. The molecule has 0 radical (unpaired) electrons. The Morgan fingerprint density at radius 3 is 2.65 bits per heavy atom. The van der Waals surface area contributed by atoms with Gasteiger partial charge in [0.15, 0.2) is 0 Å². The minimum absolute atomic E-state index is 0.352. The molecule has 0 bridgehead atoms. The van der Waals surface area contributed by atoms with E-state index >= 15 is 0 Å². The summed E-state index contributed by atoms with van der Waals surface area (Å²) < 4.78 is 0. The first kappa shape index (κ1) is 13.4. The largest absolute Gasteiger partial charge is 0.329 e. The van der Waals surface area contributed by atoms with E-state index < -0.39 is 0 Å². The van der Waals surface area contributed by atoms with Crippen LogP contribution in [0.4, 0.5) is 0 Å². The predicted molar refractivity (Wildman–Crippen MR) is 74.1 cm³/mol. The van der Waals surface area contributed by atoms with Crippen molar-refractivity contribution in [2.45, 2.75) is 76.8 Å². The Morgan fingerprint density at radius 1 is 1.24 bits per heavy atom. The van der Waals surface area contributed by atoms with E-state index in [1.165, 1.54) is 57.9 Å². The number of rotatable bonds is 3. The molecule has 1 heterocycles. The van der Waals surface area contributed by atoms with Gasteiger partial charge in [0, 0.05) is 18.1 Å². The van der Waals surface area contributed by atoms with Gasteiger partial charge in [0.05, 0.1) is 0 Å². The molecule has 1 aliphatic carbocycles. The molecule has 17 heavy (non-hydrogen) atoms. The lowest BCUT2D eigenvalue weighted by molar-refractivity contribution is 0.0494. The molecular formula is C15H30N2. The minimum Gasteiger partial charge on any atom is -0.329 e. The van der Waals surface area contributed by atoms with E-state index in [4.69, 9.17) is 5.73 Å². The van der Waals surface area contributed by atoms with E-state index in [2.05, 4.69) is 18.7 Å². The lowest BCUT2D eigenvalue weighted by Crippen LogP contribution is -2.56. The van der Waals surface area contributed by atoms with Gasteiger partial charge < -0.3 is 5.73 Å². The highest BCUT2D eigenvalue weighted by Gasteiger charge is 2.43. The van der Waals surface area contributed by atoms with Crippen molar-refractivity contribution in [1.82, 2.24) is 4.90 Å². The van der Waals surface area contributed by atoms with Crippen LogP contribution >= 0.6 is 0 Å². The maximum Gasteiger partial charge on any atom is 0.0337 e. The fraction of sp³-hybridized carbons (Fsp3) is 1.00. The quantitative estimate of drug-likeness (QED) is 0.818. The maximum absolute atomic E-state index is 6.19. The van der Waals surface area contributed by atoms with E-state index in [-0.39, 0.29) is 0 Å². The van der Waals surface area contributed by atoms with Crippen molar-refractivity contribution >= 4 is 0 Å². The molecule has 2 nitrogen and oxygen atoms in total. The van der Waals surface area contributed by atoms with Crippen LogP contribution in [-0.2, 0) is 0 Å². The van der Waals surface area contributed by atoms with Gasteiger partial charge in [-0.05, 0) is 51.0 Å². The van der Waals surface area contributed by atoms with Crippen LogP contribution in [-0.4, -0.2) is 29.6 Å². The van der Waals surface area contributed by atoms with Crippen LogP contribution in [0.1, 0.15) is 65.2 Å². The van der Waals surface area contributed by atoms with Crippen molar-refractivity contribution in [3.8, 4) is 0 Å². The Hall–Kier alpha value is -0.0800. The van der Waals surface area contributed by atoms with E-state index in [0.29, 0.717) is 5.54 Å². The zero-order chi connectivity index (χ0) is 12.3. The fourth-order valence-electron chi connectivity index (χ4n) is 4.16. The molecule has 0 spiro atoms. The standard InChI is InChI=1S/C15H30N2/c1-3-14-7-5-4-6-10-17(14)15(12-16)9-8-13(2)11-15/h13-14H,3-12,16H2,1-2H3. The average Bonchev–Trinajstić information content (AvgIpc) is 2.59. The fourth-order valence-corrected chi connectivity index (χ4v) is 4.16. The van der Waals surface area contributed by atoms with Crippen molar-refractivity contribution in [3.63, 3.8) is 0 Å². The zero-order valence-electron chi connectivity index (χ0n) is 11.8. The number of nitrogens with two attached hydrogens (primary N) is 1. The Balaban J connectivity index is 2.15. The third kappa shape index (κ3) is 2.68. The molecule has 2 heteroatoms. The molecule has 2 fully saturated rings. The third-order valence-corrected chi connectivity index (χ3v) is 5.17. The van der Waals surface area contributed by atoms with Gasteiger partial charge in [0.1, 0.15) is 0 Å².